The van der Waals surface area contributed by atoms with E-state index in [1.54, 1.807) is 0 Å². The fourth-order valence-corrected chi connectivity index (χ4v) is 2.74. The van der Waals surface area contributed by atoms with E-state index in [9.17, 15) is 0 Å². The van der Waals surface area contributed by atoms with Crippen molar-refractivity contribution < 1.29 is 4.74 Å². The molecule has 0 aliphatic rings. The number of ether oxygens (including phenoxy) is 1. The van der Waals surface area contributed by atoms with Crippen molar-refractivity contribution >= 4 is 0 Å². The summed E-state index contributed by atoms with van der Waals surface area (Å²) in [4.78, 5) is 4.55. The van der Waals surface area contributed by atoms with E-state index in [-0.39, 0.29) is 6.10 Å². The number of aromatic nitrogens is 2. The lowest BCUT2D eigenvalue weighted by Gasteiger charge is -2.28. The van der Waals surface area contributed by atoms with Crippen LogP contribution in [0.1, 0.15) is 59.2 Å². The number of imidazole rings is 1. The summed E-state index contributed by atoms with van der Waals surface area (Å²) in [7, 11) is 0. The lowest BCUT2D eigenvalue weighted by molar-refractivity contribution is 0.0275. The summed E-state index contributed by atoms with van der Waals surface area (Å²) in [5.74, 6) is 1.17. The average Bonchev–Trinajstić information content (AvgIpc) is 2.91. The van der Waals surface area contributed by atoms with E-state index in [1.807, 2.05) is 6.20 Å². The largest absolute Gasteiger partial charge is 0.377 e. The summed E-state index contributed by atoms with van der Waals surface area (Å²) in [6.07, 6.45) is 9.76. The average molecular weight is 295 g/mol. The summed E-state index contributed by atoms with van der Waals surface area (Å²) < 4.78 is 8.26. The molecule has 0 aliphatic carbocycles. The molecule has 1 aromatic heterocycles. The minimum atomic E-state index is 0.276. The first-order valence-electron chi connectivity index (χ1n) is 8.61. The molecule has 2 atom stereocenters. The van der Waals surface area contributed by atoms with Gasteiger partial charge in [0.05, 0.1) is 6.10 Å². The molecule has 21 heavy (non-hydrogen) atoms. The van der Waals surface area contributed by atoms with Crippen molar-refractivity contribution in [3.63, 3.8) is 0 Å². The summed E-state index contributed by atoms with van der Waals surface area (Å²) in [5.41, 5.74) is 0. The summed E-state index contributed by atoms with van der Waals surface area (Å²) >= 11 is 0. The second-order valence-corrected chi connectivity index (χ2v) is 5.58. The van der Waals surface area contributed by atoms with Crippen LogP contribution < -0.4 is 5.32 Å². The molecule has 0 amide bonds. The summed E-state index contributed by atoms with van der Waals surface area (Å²) in [5, 5.41) is 3.67. The SMILES string of the molecule is CCCNC(Cc1nccn1CCC)C(CCC)OCC. The van der Waals surface area contributed by atoms with Gasteiger partial charge in [-0.3, -0.25) is 0 Å². The lowest BCUT2D eigenvalue weighted by atomic mass is 10.0. The van der Waals surface area contributed by atoms with E-state index >= 15 is 0 Å². The quantitative estimate of drug-likeness (QED) is 0.642. The Balaban J connectivity index is 2.77. The zero-order valence-corrected chi connectivity index (χ0v) is 14.3. The topological polar surface area (TPSA) is 39.1 Å². The molecular formula is C17H33N3O. The molecule has 0 saturated carbocycles. The van der Waals surface area contributed by atoms with Crippen molar-refractivity contribution in [1.29, 1.82) is 0 Å². The highest BCUT2D eigenvalue weighted by molar-refractivity contribution is 4.97. The number of hydrogen-bond acceptors (Lipinski definition) is 3. The fraction of sp³-hybridized carbons (Fsp3) is 0.824. The van der Waals surface area contributed by atoms with Crippen LogP contribution in [-0.4, -0.2) is 34.8 Å². The Morgan fingerprint density at radius 1 is 1.19 bits per heavy atom. The molecule has 4 nitrogen and oxygen atoms in total. The Hall–Kier alpha value is -0.870. The van der Waals surface area contributed by atoms with Crippen LogP contribution in [0.15, 0.2) is 12.4 Å². The molecule has 1 aromatic rings. The van der Waals surface area contributed by atoms with E-state index in [1.165, 1.54) is 5.82 Å². The van der Waals surface area contributed by atoms with Gasteiger partial charge in [0.2, 0.25) is 0 Å². The van der Waals surface area contributed by atoms with Gasteiger partial charge in [0, 0.05) is 38.0 Å². The van der Waals surface area contributed by atoms with Gasteiger partial charge in [-0.25, -0.2) is 4.98 Å². The van der Waals surface area contributed by atoms with Gasteiger partial charge in [0.15, 0.2) is 0 Å². The minimum absolute atomic E-state index is 0.276. The van der Waals surface area contributed by atoms with E-state index in [0.717, 1.165) is 51.8 Å². The molecule has 0 aliphatic heterocycles. The van der Waals surface area contributed by atoms with Crippen LogP contribution in [0.4, 0.5) is 0 Å². The summed E-state index contributed by atoms with van der Waals surface area (Å²) in [6, 6.07) is 0.350. The van der Waals surface area contributed by atoms with Crippen molar-refractivity contribution in [2.24, 2.45) is 0 Å². The highest BCUT2D eigenvalue weighted by Gasteiger charge is 2.22. The molecule has 4 heteroatoms. The van der Waals surface area contributed by atoms with Crippen molar-refractivity contribution in [1.82, 2.24) is 14.9 Å². The van der Waals surface area contributed by atoms with Gasteiger partial charge in [0.25, 0.3) is 0 Å². The molecule has 1 N–H and O–H groups in total. The number of aryl methyl sites for hydroxylation is 1. The molecule has 1 heterocycles. The van der Waals surface area contributed by atoms with Crippen LogP contribution in [0.2, 0.25) is 0 Å². The molecule has 1 rings (SSSR count). The van der Waals surface area contributed by atoms with Gasteiger partial charge in [-0.05, 0) is 32.7 Å². The third-order valence-electron chi connectivity index (χ3n) is 3.73. The van der Waals surface area contributed by atoms with E-state index in [0.29, 0.717) is 6.04 Å². The molecule has 0 fully saturated rings. The number of nitrogens with one attached hydrogen (secondary N) is 1. The molecule has 0 spiro atoms. The first-order chi connectivity index (χ1) is 10.3. The molecule has 122 valence electrons. The minimum Gasteiger partial charge on any atom is -0.377 e. The van der Waals surface area contributed by atoms with Crippen LogP contribution in [0.25, 0.3) is 0 Å². The Labute approximate surface area is 130 Å². The zero-order chi connectivity index (χ0) is 15.5. The van der Waals surface area contributed by atoms with Crippen LogP contribution in [0.3, 0.4) is 0 Å². The Bertz CT molecular complexity index is 359. The third-order valence-corrected chi connectivity index (χ3v) is 3.73. The van der Waals surface area contributed by atoms with Crippen molar-refractivity contribution in [3.8, 4) is 0 Å². The van der Waals surface area contributed by atoms with Crippen LogP contribution >= 0.6 is 0 Å². The Morgan fingerprint density at radius 2 is 2.00 bits per heavy atom. The van der Waals surface area contributed by atoms with Crippen molar-refractivity contribution in [2.75, 3.05) is 13.2 Å². The van der Waals surface area contributed by atoms with Crippen molar-refractivity contribution in [2.45, 2.75) is 78.5 Å². The van der Waals surface area contributed by atoms with Crippen LogP contribution in [0, 0.1) is 0 Å². The molecule has 0 bridgehead atoms. The first-order valence-corrected chi connectivity index (χ1v) is 8.61. The molecule has 0 aromatic carbocycles. The molecular weight excluding hydrogens is 262 g/mol. The maximum absolute atomic E-state index is 5.99. The number of hydrogen-bond donors (Lipinski definition) is 1. The van der Waals surface area contributed by atoms with Crippen LogP contribution in [0.5, 0.6) is 0 Å². The third kappa shape index (κ3) is 6.18. The van der Waals surface area contributed by atoms with Gasteiger partial charge >= 0.3 is 0 Å². The normalized spacial score (nSPS) is 14.3. The van der Waals surface area contributed by atoms with Gasteiger partial charge in [-0.2, -0.15) is 0 Å². The highest BCUT2D eigenvalue weighted by Crippen LogP contribution is 2.13. The highest BCUT2D eigenvalue weighted by atomic mass is 16.5. The standard InChI is InChI=1S/C17H33N3O/c1-5-9-16(21-8-4)15(18-10-6-2)14-17-19-11-13-20(17)12-7-3/h11,13,15-16,18H,5-10,12,14H2,1-4H3. The fourth-order valence-electron chi connectivity index (χ4n) is 2.74. The van der Waals surface area contributed by atoms with Gasteiger partial charge in [0.1, 0.15) is 5.82 Å². The van der Waals surface area contributed by atoms with Gasteiger partial charge in [-0.15, -0.1) is 0 Å². The second-order valence-electron chi connectivity index (χ2n) is 5.58. The van der Waals surface area contributed by atoms with E-state index in [4.69, 9.17) is 4.74 Å². The smallest absolute Gasteiger partial charge is 0.110 e. The number of rotatable bonds is 12. The predicted molar refractivity (Wildman–Crippen MR) is 88.6 cm³/mol. The van der Waals surface area contributed by atoms with E-state index in [2.05, 4.69) is 48.8 Å². The predicted octanol–water partition coefficient (Wildman–Crippen LogP) is 3.41. The summed E-state index contributed by atoms with van der Waals surface area (Å²) in [6.45, 7) is 11.6. The Kier molecular flexibility index (Phi) is 9.35. The van der Waals surface area contributed by atoms with Crippen LogP contribution in [-0.2, 0) is 17.7 Å². The first kappa shape index (κ1) is 18.2. The number of nitrogens with zero attached hydrogens (tertiary/aromatic N) is 2. The van der Waals surface area contributed by atoms with Gasteiger partial charge < -0.3 is 14.6 Å². The zero-order valence-electron chi connectivity index (χ0n) is 14.3. The maximum atomic E-state index is 5.99. The second kappa shape index (κ2) is 10.8. The van der Waals surface area contributed by atoms with Crippen molar-refractivity contribution in [3.05, 3.63) is 18.2 Å². The molecule has 0 radical (unpaired) electrons. The lowest BCUT2D eigenvalue weighted by Crippen LogP contribution is -2.44. The van der Waals surface area contributed by atoms with E-state index < -0.39 is 0 Å². The molecule has 2 unspecified atom stereocenters. The monoisotopic (exact) mass is 295 g/mol. The molecule has 0 saturated heterocycles. The van der Waals surface area contributed by atoms with Gasteiger partial charge in [-0.1, -0.05) is 27.2 Å². The Morgan fingerprint density at radius 3 is 2.62 bits per heavy atom. The maximum Gasteiger partial charge on any atom is 0.110 e.